The largest absolute Gasteiger partial charge is 0.481 e. The number of carbonyl (C=O) groups is 3. The molecular weight excluding hydrogens is 342 g/mol. The number of para-hydroxylation sites is 1. The maximum atomic E-state index is 12.6. The Hall–Kier alpha value is -2.22. The highest BCUT2D eigenvalue weighted by molar-refractivity contribution is 7.99. The number of rotatable bonds is 6. The highest BCUT2D eigenvalue weighted by atomic mass is 32.2. The fourth-order valence-electron chi connectivity index (χ4n) is 2.85. The third-order valence-corrected chi connectivity index (χ3v) is 5.11. The van der Waals surface area contributed by atoms with E-state index in [1.165, 1.54) is 11.8 Å². The van der Waals surface area contributed by atoms with Crippen LogP contribution in [0.3, 0.4) is 0 Å². The van der Waals surface area contributed by atoms with E-state index in [-0.39, 0.29) is 30.8 Å². The molecule has 136 valence electrons. The number of nitrogens with zero attached hydrogens (tertiary/aromatic N) is 1. The number of carboxylic acids is 1. The lowest BCUT2D eigenvalue weighted by molar-refractivity contribution is -0.143. The lowest BCUT2D eigenvalue weighted by Crippen LogP contribution is -2.47. The van der Waals surface area contributed by atoms with Crippen LogP contribution in [-0.4, -0.2) is 46.8 Å². The number of likely N-dealkylation sites (tertiary alicyclic amines) is 1. The second kappa shape index (κ2) is 8.75. The fourth-order valence-corrected chi connectivity index (χ4v) is 3.82. The van der Waals surface area contributed by atoms with E-state index in [0.717, 1.165) is 4.90 Å². The average Bonchev–Trinajstić information content (AvgIpc) is 2.55. The SMILES string of the molecule is CC1CC(C(=O)O)CN(C(=O)Nc2ccccc2SCCC(N)=O)C1. The predicted molar refractivity (Wildman–Crippen MR) is 96.5 cm³/mol. The highest BCUT2D eigenvalue weighted by Gasteiger charge is 2.32. The molecule has 1 aliphatic rings. The Morgan fingerprint density at radius 2 is 2.04 bits per heavy atom. The molecule has 2 atom stereocenters. The Kier molecular flexibility index (Phi) is 6.69. The normalized spacial score (nSPS) is 20.1. The molecule has 0 saturated carbocycles. The second-order valence-corrected chi connectivity index (χ2v) is 7.41. The van der Waals surface area contributed by atoms with Crippen LogP contribution in [0.2, 0.25) is 0 Å². The number of anilines is 1. The standard InChI is InChI=1S/C17H23N3O4S/c1-11-8-12(16(22)23)10-20(9-11)17(24)19-13-4-2-3-5-14(13)25-7-6-15(18)21/h2-5,11-12H,6-10H2,1H3,(H2,18,21)(H,19,24)(H,22,23). The number of carboxylic acid groups (broad SMARTS) is 1. The van der Waals surface area contributed by atoms with Gasteiger partial charge in [-0.1, -0.05) is 19.1 Å². The Bertz CT molecular complexity index is 653. The topological polar surface area (TPSA) is 113 Å². The molecule has 0 bridgehead atoms. The van der Waals surface area contributed by atoms with Crippen molar-refractivity contribution < 1.29 is 19.5 Å². The second-order valence-electron chi connectivity index (χ2n) is 6.27. The van der Waals surface area contributed by atoms with Crippen LogP contribution in [0.1, 0.15) is 19.8 Å². The molecule has 1 aliphatic heterocycles. The number of nitrogens with one attached hydrogen (secondary N) is 1. The molecule has 0 radical (unpaired) electrons. The van der Waals surface area contributed by atoms with E-state index in [9.17, 15) is 19.5 Å². The minimum Gasteiger partial charge on any atom is -0.481 e. The van der Waals surface area contributed by atoms with Crippen LogP contribution in [0.4, 0.5) is 10.5 Å². The van der Waals surface area contributed by atoms with Crippen molar-refractivity contribution in [1.29, 1.82) is 0 Å². The molecule has 0 spiro atoms. The molecule has 2 unspecified atom stereocenters. The summed E-state index contributed by atoms with van der Waals surface area (Å²) >= 11 is 1.44. The van der Waals surface area contributed by atoms with Crippen molar-refractivity contribution in [2.24, 2.45) is 17.6 Å². The van der Waals surface area contributed by atoms with Gasteiger partial charge < -0.3 is 21.1 Å². The summed E-state index contributed by atoms with van der Waals surface area (Å²) in [6.45, 7) is 2.69. The molecule has 3 amide bonds. The van der Waals surface area contributed by atoms with Crippen molar-refractivity contribution in [3.05, 3.63) is 24.3 Å². The summed E-state index contributed by atoms with van der Waals surface area (Å²) in [6.07, 6.45) is 0.843. The van der Waals surface area contributed by atoms with Crippen molar-refractivity contribution in [3.8, 4) is 0 Å². The van der Waals surface area contributed by atoms with Gasteiger partial charge in [0.15, 0.2) is 0 Å². The quantitative estimate of drug-likeness (QED) is 0.669. The monoisotopic (exact) mass is 365 g/mol. The van der Waals surface area contributed by atoms with Crippen LogP contribution >= 0.6 is 11.8 Å². The molecule has 2 rings (SSSR count). The van der Waals surface area contributed by atoms with E-state index in [1.54, 1.807) is 11.0 Å². The minimum atomic E-state index is -0.869. The van der Waals surface area contributed by atoms with Crippen molar-refractivity contribution in [1.82, 2.24) is 4.90 Å². The zero-order chi connectivity index (χ0) is 18.4. The number of amides is 3. The summed E-state index contributed by atoms with van der Waals surface area (Å²) in [7, 11) is 0. The maximum Gasteiger partial charge on any atom is 0.321 e. The van der Waals surface area contributed by atoms with E-state index in [4.69, 9.17) is 5.73 Å². The molecule has 1 aromatic rings. The van der Waals surface area contributed by atoms with Gasteiger partial charge in [0.05, 0.1) is 11.6 Å². The molecule has 8 heteroatoms. The van der Waals surface area contributed by atoms with E-state index < -0.39 is 11.9 Å². The van der Waals surface area contributed by atoms with Crippen LogP contribution in [0.25, 0.3) is 0 Å². The summed E-state index contributed by atoms with van der Waals surface area (Å²) in [5.41, 5.74) is 5.79. The summed E-state index contributed by atoms with van der Waals surface area (Å²) in [4.78, 5) is 37.1. The Balaban J connectivity index is 2.02. The lowest BCUT2D eigenvalue weighted by atomic mass is 9.91. The van der Waals surface area contributed by atoms with E-state index in [0.29, 0.717) is 24.4 Å². The summed E-state index contributed by atoms with van der Waals surface area (Å²) < 4.78 is 0. The van der Waals surface area contributed by atoms with Gasteiger partial charge in [0.2, 0.25) is 5.91 Å². The molecule has 0 aromatic heterocycles. The summed E-state index contributed by atoms with van der Waals surface area (Å²) in [5.74, 6) is -1.09. The lowest BCUT2D eigenvalue weighted by Gasteiger charge is -2.34. The molecule has 4 N–H and O–H groups in total. The van der Waals surface area contributed by atoms with Crippen molar-refractivity contribution in [2.45, 2.75) is 24.7 Å². The van der Waals surface area contributed by atoms with Crippen LogP contribution in [-0.2, 0) is 9.59 Å². The van der Waals surface area contributed by atoms with Crippen LogP contribution < -0.4 is 11.1 Å². The predicted octanol–water partition coefficient (Wildman–Crippen LogP) is 2.23. The van der Waals surface area contributed by atoms with E-state index >= 15 is 0 Å². The van der Waals surface area contributed by atoms with Crippen molar-refractivity contribution in [2.75, 3.05) is 24.2 Å². The number of hydrogen-bond donors (Lipinski definition) is 3. The van der Waals surface area contributed by atoms with E-state index in [2.05, 4.69) is 5.32 Å². The number of carbonyl (C=O) groups excluding carboxylic acids is 2. The van der Waals surface area contributed by atoms with E-state index in [1.807, 2.05) is 25.1 Å². The molecule has 0 aliphatic carbocycles. The van der Waals surface area contributed by atoms with Gasteiger partial charge in [0.1, 0.15) is 0 Å². The molecule has 7 nitrogen and oxygen atoms in total. The molecule has 25 heavy (non-hydrogen) atoms. The first kappa shape index (κ1) is 19.1. The number of urea groups is 1. The van der Waals surface area contributed by atoms with Gasteiger partial charge in [0.25, 0.3) is 0 Å². The smallest absolute Gasteiger partial charge is 0.321 e. The minimum absolute atomic E-state index is 0.140. The first-order valence-corrected chi connectivity index (χ1v) is 9.14. The third kappa shape index (κ3) is 5.67. The average molecular weight is 365 g/mol. The van der Waals surface area contributed by atoms with Gasteiger partial charge >= 0.3 is 12.0 Å². The zero-order valence-corrected chi connectivity index (χ0v) is 14.9. The maximum absolute atomic E-state index is 12.6. The van der Waals surface area contributed by atoms with Gasteiger partial charge in [-0.15, -0.1) is 11.8 Å². The number of piperidine rings is 1. The Morgan fingerprint density at radius 1 is 1.32 bits per heavy atom. The zero-order valence-electron chi connectivity index (χ0n) is 14.1. The Morgan fingerprint density at radius 3 is 2.72 bits per heavy atom. The third-order valence-electron chi connectivity index (χ3n) is 4.03. The highest BCUT2D eigenvalue weighted by Crippen LogP contribution is 2.28. The number of benzene rings is 1. The molecule has 1 fully saturated rings. The van der Waals surface area contributed by atoms with Crippen LogP contribution in [0.5, 0.6) is 0 Å². The van der Waals surface area contributed by atoms with Crippen molar-refractivity contribution in [3.63, 3.8) is 0 Å². The first-order valence-electron chi connectivity index (χ1n) is 8.15. The van der Waals surface area contributed by atoms with Crippen LogP contribution in [0, 0.1) is 11.8 Å². The van der Waals surface area contributed by atoms with Gasteiger partial charge in [0, 0.05) is 30.2 Å². The van der Waals surface area contributed by atoms with Gasteiger partial charge in [-0.2, -0.15) is 0 Å². The van der Waals surface area contributed by atoms with Gasteiger partial charge in [-0.3, -0.25) is 9.59 Å². The first-order chi connectivity index (χ1) is 11.9. The Labute approximate surface area is 150 Å². The van der Waals surface area contributed by atoms with Crippen LogP contribution in [0.15, 0.2) is 29.2 Å². The fraction of sp³-hybridized carbons (Fsp3) is 0.471. The molecule has 1 heterocycles. The number of aliphatic carboxylic acids is 1. The summed E-state index contributed by atoms with van der Waals surface area (Å²) in [6, 6.07) is 7.01. The number of hydrogen-bond acceptors (Lipinski definition) is 4. The van der Waals surface area contributed by atoms with Gasteiger partial charge in [-0.25, -0.2) is 4.79 Å². The molecule has 1 aromatic carbocycles. The van der Waals surface area contributed by atoms with Crippen molar-refractivity contribution >= 4 is 35.4 Å². The summed E-state index contributed by atoms with van der Waals surface area (Å²) in [5, 5.41) is 12.1. The molecule has 1 saturated heterocycles. The number of nitrogens with two attached hydrogens (primary N) is 1. The van der Waals surface area contributed by atoms with Gasteiger partial charge in [-0.05, 0) is 24.5 Å². The number of primary amides is 1. The number of thioether (sulfide) groups is 1. The molecular formula is C17H23N3O4S.